The van der Waals surface area contributed by atoms with Gasteiger partial charge in [-0.2, -0.15) is 5.16 Å². The second-order valence-electron chi connectivity index (χ2n) is 0.933. The molecule has 1 rings (SSSR count). The topological polar surface area (TPSA) is 38.9 Å². The molecule has 0 bridgehead atoms. The monoisotopic (exact) mass is 270 g/mol. The van der Waals surface area contributed by atoms with Gasteiger partial charge in [0.2, 0.25) is 0 Å². The van der Waals surface area contributed by atoms with Gasteiger partial charge in [-0.3, -0.25) is 0 Å². The van der Waals surface area contributed by atoms with E-state index in [2.05, 4.69) is 21.1 Å². The van der Waals surface area contributed by atoms with Gasteiger partial charge < -0.3 is 9.51 Å². The average molecular weight is 269 g/mol. The minimum atomic E-state index is 0. The molecule has 39 valence electrons. The Bertz CT molecular complexity index is 116. The maximum atomic E-state index is 4.23. The van der Waals surface area contributed by atoms with Crippen molar-refractivity contribution in [3.8, 4) is 0 Å². The van der Waals surface area contributed by atoms with E-state index in [1.165, 1.54) is 0 Å². The van der Waals surface area contributed by atoms with Gasteiger partial charge in [0.05, 0.1) is 6.39 Å². The Morgan fingerprint density at radius 3 is 2.57 bits per heavy atom. The van der Waals surface area contributed by atoms with E-state index in [9.17, 15) is 0 Å². The standard InChI is InChI=1S/C3H3N2O.Re/c1-3-4-2-6-5-3;/h1H3;/q-1;. The Morgan fingerprint density at radius 1 is 1.71 bits per heavy atom. The maximum Gasteiger partial charge on any atom is 0.0687 e. The zero-order chi connectivity index (χ0) is 4.41. The molecule has 7 heavy (non-hydrogen) atoms. The fourth-order valence-corrected chi connectivity index (χ4v) is 0.193. The van der Waals surface area contributed by atoms with Gasteiger partial charge in [0.1, 0.15) is 0 Å². The van der Waals surface area contributed by atoms with E-state index < -0.39 is 0 Å². The van der Waals surface area contributed by atoms with E-state index in [0.717, 1.165) is 0 Å². The van der Waals surface area contributed by atoms with Gasteiger partial charge in [-0.25, -0.2) is 0 Å². The van der Waals surface area contributed by atoms with Gasteiger partial charge in [0, 0.05) is 26.2 Å². The van der Waals surface area contributed by atoms with Crippen LogP contribution in [-0.4, -0.2) is 10.1 Å². The molecule has 0 amide bonds. The number of aromatic nitrogens is 2. The van der Waals surface area contributed by atoms with Crippen molar-refractivity contribution in [2.24, 2.45) is 0 Å². The predicted molar refractivity (Wildman–Crippen MR) is 17.9 cm³/mol. The molecule has 0 aliphatic rings. The van der Waals surface area contributed by atoms with Gasteiger partial charge in [0.15, 0.2) is 0 Å². The molecule has 0 saturated heterocycles. The molecule has 0 N–H and O–H groups in total. The van der Waals surface area contributed by atoms with Crippen LogP contribution in [0.15, 0.2) is 4.52 Å². The molecular formula is C3H3N2ORe-. The molecule has 1 aromatic heterocycles. The Balaban J connectivity index is 0.000000360. The van der Waals surface area contributed by atoms with Crippen molar-refractivity contribution in [3.63, 3.8) is 0 Å². The summed E-state index contributed by atoms with van der Waals surface area (Å²) in [6.45, 7) is 1.74. The molecular weight excluding hydrogens is 266 g/mol. The third kappa shape index (κ3) is 1.81. The number of hydrogen-bond donors (Lipinski definition) is 0. The molecule has 4 heteroatoms. The molecule has 0 fully saturated rings. The smallest absolute Gasteiger partial charge is 0.0687 e. The quantitative estimate of drug-likeness (QED) is 0.631. The Labute approximate surface area is 54.8 Å². The van der Waals surface area contributed by atoms with Crippen molar-refractivity contribution in [1.29, 1.82) is 0 Å². The first-order chi connectivity index (χ1) is 2.89. The predicted octanol–water partition coefficient (Wildman–Crippen LogP) is 0.176. The molecule has 0 atom stereocenters. The minimum Gasteiger partial charge on any atom is -0.459 e. The SMILES string of the molecule is Cc1n[c-]on1.[Re]. The van der Waals surface area contributed by atoms with Crippen molar-refractivity contribution in [3.05, 3.63) is 12.2 Å². The normalized spacial score (nSPS) is 7.57. The summed E-state index contributed by atoms with van der Waals surface area (Å²) in [5.41, 5.74) is 0. The van der Waals surface area contributed by atoms with Crippen LogP contribution < -0.4 is 0 Å². The van der Waals surface area contributed by atoms with Gasteiger partial charge in [0.25, 0.3) is 0 Å². The third-order valence-electron chi connectivity index (χ3n) is 0.426. The van der Waals surface area contributed by atoms with Crippen molar-refractivity contribution >= 4 is 0 Å². The van der Waals surface area contributed by atoms with E-state index >= 15 is 0 Å². The summed E-state index contributed by atoms with van der Waals surface area (Å²) < 4.78 is 4.23. The van der Waals surface area contributed by atoms with E-state index in [4.69, 9.17) is 0 Å². The zero-order valence-corrected chi connectivity index (χ0v) is 6.40. The fraction of sp³-hybridized carbons (Fsp3) is 0.333. The Morgan fingerprint density at radius 2 is 2.43 bits per heavy atom. The summed E-state index contributed by atoms with van der Waals surface area (Å²) in [4.78, 5) is 3.51. The van der Waals surface area contributed by atoms with Crippen LogP contribution in [0, 0.1) is 13.3 Å². The second-order valence-corrected chi connectivity index (χ2v) is 0.933. The molecule has 1 radical (unpaired) electrons. The molecule has 3 nitrogen and oxygen atoms in total. The first kappa shape index (κ1) is 6.80. The number of aryl methyl sites for hydroxylation is 1. The summed E-state index contributed by atoms with van der Waals surface area (Å²) in [5, 5.41) is 3.38. The van der Waals surface area contributed by atoms with Crippen LogP contribution in [0.3, 0.4) is 0 Å². The Kier molecular flexibility index (Phi) is 2.81. The Hall–Kier alpha value is -0.198. The summed E-state index contributed by atoms with van der Waals surface area (Å²) in [6, 6.07) is 0. The van der Waals surface area contributed by atoms with Gasteiger partial charge >= 0.3 is 0 Å². The van der Waals surface area contributed by atoms with E-state index in [0.29, 0.717) is 5.82 Å². The van der Waals surface area contributed by atoms with Crippen LogP contribution in [0.2, 0.25) is 0 Å². The molecule has 0 spiro atoms. The summed E-state index contributed by atoms with van der Waals surface area (Å²) >= 11 is 0. The average Bonchev–Trinajstić information content (AvgIpc) is 1.86. The summed E-state index contributed by atoms with van der Waals surface area (Å²) in [7, 11) is 0. The number of rotatable bonds is 0. The van der Waals surface area contributed by atoms with Crippen molar-refractivity contribution in [2.75, 3.05) is 0 Å². The van der Waals surface area contributed by atoms with Crippen molar-refractivity contribution in [2.45, 2.75) is 6.92 Å². The van der Waals surface area contributed by atoms with Crippen LogP contribution in [0.5, 0.6) is 0 Å². The third-order valence-corrected chi connectivity index (χ3v) is 0.426. The molecule has 1 heterocycles. The van der Waals surface area contributed by atoms with Crippen LogP contribution in [0.4, 0.5) is 0 Å². The van der Waals surface area contributed by atoms with Gasteiger partial charge in [-0.1, -0.05) is 6.92 Å². The van der Waals surface area contributed by atoms with Crippen LogP contribution in [-0.2, 0) is 20.4 Å². The molecule has 0 unspecified atom stereocenters. The summed E-state index contributed by atoms with van der Waals surface area (Å²) in [5.74, 6) is 0.620. The number of hydrogen-bond acceptors (Lipinski definition) is 3. The van der Waals surface area contributed by atoms with Crippen LogP contribution >= 0.6 is 0 Å². The first-order valence-electron chi connectivity index (χ1n) is 1.56. The zero-order valence-electron chi connectivity index (χ0n) is 3.68. The molecule has 1 aromatic rings. The van der Waals surface area contributed by atoms with Crippen LogP contribution in [0.25, 0.3) is 0 Å². The van der Waals surface area contributed by atoms with E-state index in [-0.39, 0.29) is 20.4 Å². The molecule has 0 aromatic carbocycles. The maximum absolute atomic E-state index is 4.23. The minimum absolute atomic E-state index is 0. The van der Waals surface area contributed by atoms with E-state index in [1.54, 1.807) is 6.92 Å². The number of nitrogens with zero attached hydrogens (tertiary/aromatic N) is 2. The van der Waals surface area contributed by atoms with Crippen LogP contribution in [0.1, 0.15) is 5.82 Å². The van der Waals surface area contributed by atoms with Crippen molar-refractivity contribution in [1.82, 2.24) is 10.1 Å². The fourth-order valence-electron chi connectivity index (χ4n) is 0.193. The molecule has 0 aliphatic heterocycles. The van der Waals surface area contributed by atoms with Gasteiger partial charge in [-0.15, -0.1) is 0 Å². The van der Waals surface area contributed by atoms with Crippen molar-refractivity contribution < 1.29 is 24.9 Å². The largest absolute Gasteiger partial charge is 0.459 e. The summed E-state index contributed by atoms with van der Waals surface area (Å²) in [6.07, 6.45) is 2.19. The molecule has 0 saturated carbocycles. The second kappa shape index (κ2) is 2.89. The van der Waals surface area contributed by atoms with E-state index in [1.807, 2.05) is 0 Å². The molecule has 0 aliphatic carbocycles. The van der Waals surface area contributed by atoms with Gasteiger partial charge in [-0.05, 0) is 0 Å². The first-order valence-corrected chi connectivity index (χ1v) is 1.56.